The highest BCUT2D eigenvalue weighted by molar-refractivity contribution is 5.78. The molecular weight excluding hydrogens is 314 g/mol. The van der Waals surface area contributed by atoms with Gasteiger partial charge in [0.15, 0.2) is 0 Å². The zero-order chi connectivity index (χ0) is 17.2. The van der Waals surface area contributed by atoms with E-state index in [9.17, 15) is 4.79 Å². The molecule has 4 heterocycles. The predicted molar refractivity (Wildman–Crippen MR) is 94.6 cm³/mol. The van der Waals surface area contributed by atoms with E-state index in [2.05, 4.69) is 37.8 Å². The lowest BCUT2D eigenvalue weighted by Crippen LogP contribution is -2.37. The lowest BCUT2D eigenvalue weighted by Gasteiger charge is -2.27. The van der Waals surface area contributed by atoms with Gasteiger partial charge in [0, 0.05) is 63.2 Å². The van der Waals surface area contributed by atoms with Crippen LogP contribution in [0.25, 0.3) is 0 Å². The summed E-state index contributed by atoms with van der Waals surface area (Å²) < 4.78 is 2.24. The van der Waals surface area contributed by atoms with Gasteiger partial charge >= 0.3 is 0 Å². The van der Waals surface area contributed by atoms with Crippen molar-refractivity contribution >= 4 is 5.91 Å². The summed E-state index contributed by atoms with van der Waals surface area (Å²) in [7, 11) is 0. The van der Waals surface area contributed by atoms with Crippen molar-refractivity contribution in [2.45, 2.75) is 39.4 Å². The Balaban J connectivity index is 1.51. The Morgan fingerprint density at radius 1 is 1.28 bits per heavy atom. The fourth-order valence-corrected chi connectivity index (χ4v) is 3.98. The van der Waals surface area contributed by atoms with E-state index in [-0.39, 0.29) is 0 Å². The first kappa shape index (κ1) is 16.3. The number of carbonyl (C=O) groups excluding carboxylic acids is 1. The monoisotopic (exact) mass is 339 g/mol. The number of aryl methyl sites for hydroxylation is 1. The second kappa shape index (κ2) is 6.96. The Hall–Kier alpha value is -2.21. The molecule has 2 aliphatic rings. The van der Waals surface area contributed by atoms with Gasteiger partial charge < -0.3 is 9.47 Å². The Morgan fingerprint density at radius 3 is 3.00 bits per heavy atom. The third kappa shape index (κ3) is 3.74. The van der Waals surface area contributed by atoms with Crippen molar-refractivity contribution in [3.63, 3.8) is 0 Å². The number of hydrogen-bond donors (Lipinski definition) is 0. The van der Waals surface area contributed by atoms with Crippen molar-refractivity contribution in [2.24, 2.45) is 5.92 Å². The smallest absolute Gasteiger partial charge is 0.222 e. The summed E-state index contributed by atoms with van der Waals surface area (Å²) in [5, 5.41) is 0. The lowest BCUT2D eigenvalue weighted by molar-refractivity contribution is -0.128. The number of carbonyl (C=O) groups is 1. The molecule has 1 fully saturated rings. The van der Waals surface area contributed by atoms with Crippen molar-refractivity contribution in [3.8, 4) is 0 Å². The largest absolute Gasteiger partial charge is 0.342 e. The topological polar surface area (TPSA) is 54.3 Å². The Kier molecular flexibility index (Phi) is 4.53. The average molecular weight is 339 g/mol. The van der Waals surface area contributed by atoms with Crippen LogP contribution >= 0.6 is 0 Å². The van der Waals surface area contributed by atoms with Gasteiger partial charge in [-0.25, -0.2) is 4.98 Å². The summed E-state index contributed by atoms with van der Waals surface area (Å²) in [6.07, 6.45) is 5.64. The van der Waals surface area contributed by atoms with E-state index < -0.39 is 0 Å². The SMILES string of the molecule is Cc1cccc(CN2Cc3nccn3CC(CN3CCCC3=O)C2)n1. The van der Waals surface area contributed by atoms with Gasteiger partial charge in [-0.05, 0) is 25.5 Å². The number of hydrogen-bond acceptors (Lipinski definition) is 4. The molecule has 25 heavy (non-hydrogen) atoms. The molecule has 132 valence electrons. The van der Waals surface area contributed by atoms with Gasteiger partial charge in [0.25, 0.3) is 0 Å². The first-order valence-electron chi connectivity index (χ1n) is 9.10. The number of amides is 1. The molecule has 1 amide bonds. The van der Waals surface area contributed by atoms with E-state index in [1.807, 2.05) is 24.1 Å². The standard InChI is InChI=1S/C19H25N5O/c1-15-4-2-5-17(21-15)13-22-10-16(12-24-8-3-6-19(24)25)11-23-9-7-20-18(23)14-22/h2,4-5,7,9,16H,3,6,8,10-14H2,1H3. The summed E-state index contributed by atoms with van der Waals surface area (Å²) in [5.41, 5.74) is 2.14. The molecule has 2 aromatic rings. The number of imidazole rings is 1. The van der Waals surface area contributed by atoms with E-state index in [4.69, 9.17) is 0 Å². The number of fused-ring (bicyclic) bond motifs is 1. The Labute approximate surface area is 148 Å². The van der Waals surface area contributed by atoms with Crippen molar-refractivity contribution in [1.82, 2.24) is 24.3 Å². The molecule has 1 unspecified atom stereocenters. The third-order valence-corrected chi connectivity index (χ3v) is 5.12. The molecule has 2 aromatic heterocycles. The number of nitrogens with zero attached hydrogens (tertiary/aromatic N) is 5. The minimum absolute atomic E-state index is 0.307. The van der Waals surface area contributed by atoms with Gasteiger partial charge in [-0.2, -0.15) is 0 Å². The van der Waals surface area contributed by atoms with Crippen LogP contribution < -0.4 is 0 Å². The highest BCUT2D eigenvalue weighted by Crippen LogP contribution is 2.20. The molecular formula is C19H25N5O. The molecule has 6 nitrogen and oxygen atoms in total. The maximum atomic E-state index is 12.0. The minimum atomic E-state index is 0.307. The first-order valence-corrected chi connectivity index (χ1v) is 9.10. The van der Waals surface area contributed by atoms with Gasteiger partial charge in [0.1, 0.15) is 5.82 Å². The molecule has 0 spiro atoms. The summed E-state index contributed by atoms with van der Waals surface area (Å²) in [5.74, 6) is 1.83. The average Bonchev–Trinajstić information content (AvgIpc) is 3.13. The zero-order valence-electron chi connectivity index (χ0n) is 14.8. The summed E-state index contributed by atoms with van der Waals surface area (Å²) in [4.78, 5) is 25.7. The number of pyridine rings is 1. The van der Waals surface area contributed by atoms with Crippen molar-refractivity contribution < 1.29 is 4.79 Å². The van der Waals surface area contributed by atoms with Gasteiger partial charge in [-0.15, -0.1) is 0 Å². The number of aromatic nitrogens is 3. The van der Waals surface area contributed by atoms with Crippen molar-refractivity contribution in [3.05, 3.63) is 47.8 Å². The molecule has 6 heteroatoms. The quantitative estimate of drug-likeness (QED) is 0.853. The summed E-state index contributed by atoms with van der Waals surface area (Å²) >= 11 is 0. The molecule has 0 saturated carbocycles. The Bertz CT molecular complexity index is 756. The Morgan fingerprint density at radius 2 is 2.20 bits per heavy atom. The zero-order valence-corrected chi connectivity index (χ0v) is 14.8. The fourth-order valence-electron chi connectivity index (χ4n) is 3.98. The molecule has 0 N–H and O–H groups in total. The normalized spacial score (nSPS) is 21.4. The van der Waals surface area contributed by atoms with E-state index in [0.29, 0.717) is 18.2 Å². The van der Waals surface area contributed by atoms with Gasteiger partial charge in [-0.3, -0.25) is 14.7 Å². The molecule has 2 aliphatic heterocycles. The van der Waals surface area contributed by atoms with Crippen LogP contribution in [0, 0.1) is 12.8 Å². The highest BCUT2D eigenvalue weighted by Gasteiger charge is 2.28. The van der Waals surface area contributed by atoms with E-state index in [0.717, 1.165) is 62.9 Å². The molecule has 1 atom stereocenters. The number of likely N-dealkylation sites (tertiary alicyclic amines) is 1. The van der Waals surface area contributed by atoms with Crippen LogP contribution in [0.5, 0.6) is 0 Å². The van der Waals surface area contributed by atoms with Crippen molar-refractivity contribution in [1.29, 1.82) is 0 Å². The molecule has 4 rings (SSSR count). The molecule has 0 aromatic carbocycles. The second-order valence-electron chi connectivity index (χ2n) is 7.25. The maximum Gasteiger partial charge on any atom is 0.222 e. The molecule has 1 saturated heterocycles. The summed E-state index contributed by atoms with van der Waals surface area (Å²) in [6, 6.07) is 6.18. The fraction of sp³-hybridized carbons (Fsp3) is 0.526. The second-order valence-corrected chi connectivity index (χ2v) is 7.25. The van der Waals surface area contributed by atoms with Crippen LogP contribution in [0.1, 0.15) is 30.1 Å². The van der Waals surface area contributed by atoms with Crippen LogP contribution in [0.4, 0.5) is 0 Å². The highest BCUT2D eigenvalue weighted by atomic mass is 16.2. The number of rotatable bonds is 4. The van der Waals surface area contributed by atoms with Gasteiger partial charge in [0.2, 0.25) is 5.91 Å². The molecule has 0 aliphatic carbocycles. The van der Waals surface area contributed by atoms with E-state index in [1.165, 1.54) is 0 Å². The van der Waals surface area contributed by atoms with E-state index in [1.54, 1.807) is 0 Å². The van der Waals surface area contributed by atoms with Crippen LogP contribution in [0.15, 0.2) is 30.6 Å². The van der Waals surface area contributed by atoms with Crippen LogP contribution in [-0.2, 0) is 24.4 Å². The van der Waals surface area contributed by atoms with Crippen LogP contribution in [-0.4, -0.2) is 49.9 Å². The van der Waals surface area contributed by atoms with Crippen LogP contribution in [0.2, 0.25) is 0 Å². The van der Waals surface area contributed by atoms with Gasteiger partial charge in [0.05, 0.1) is 12.2 Å². The molecule has 0 bridgehead atoms. The summed E-state index contributed by atoms with van der Waals surface area (Å²) in [6.45, 7) is 7.31. The predicted octanol–water partition coefficient (Wildman–Crippen LogP) is 1.84. The first-order chi connectivity index (χ1) is 12.2. The van der Waals surface area contributed by atoms with Crippen LogP contribution in [0.3, 0.4) is 0 Å². The van der Waals surface area contributed by atoms with Gasteiger partial charge in [-0.1, -0.05) is 6.07 Å². The van der Waals surface area contributed by atoms with E-state index >= 15 is 0 Å². The minimum Gasteiger partial charge on any atom is -0.342 e. The lowest BCUT2D eigenvalue weighted by atomic mass is 10.1. The third-order valence-electron chi connectivity index (χ3n) is 5.12. The van der Waals surface area contributed by atoms with Crippen molar-refractivity contribution in [2.75, 3.05) is 19.6 Å². The maximum absolute atomic E-state index is 12.0. The molecule has 0 radical (unpaired) electrons.